The minimum atomic E-state index is -3.61. The summed E-state index contributed by atoms with van der Waals surface area (Å²) in [4.78, 5) is 11.7. The minimum absolute atomic E-state index is 0.167. The summed E-state index contributed by atoms with van der Waals surface area (Å²) in [6.07, 6.45) is 0. The van der Waals surface area contributed by atoms with Crippen LogP contribution in [0.1, 0.15) is 26.3 Å². The topological polar surface area (TPSA) is 60.4 Å². The highest BCUT2D eigenvalue weighted by Crippen LogP contribution is 2.23. The first-order valence-electron chi connectivity index (χ1n) is 5.74. The highest BCUT2D eigenvalue weighted by Gasteiger charge is 2.42. The molecule has 0 amide bonds. The monoisotopic (exact) mass is 270 g/mol. The molecular weight excluding hydrogens is 252 g/mol. The van der Waals surface area contributed by atoms with E-state index >= 15 is 0 Å². The summed E-state index contributed by atoms with van der Waals surface area (Å²) in [5.41, 5.74) is 0.662. The summed E-state index contributed by atoms with van der Waals surface area (Å²) in [6, 6.07) is 8.79. The van der Waals surface area contributed by atoms with Crippen LogP contribution in [0.2, 0.25) is 0 Å². The molecule has 18 heavy (non-hydrogen) atoms. The predicted octanol–water partition coefficient (Wildman–Crippen LogP) is 1.94. The Kier molecular flexibility index (Phi) is 4.51. The molecule has 0 atom stereocenters. The molecule has 4 nitrogen and oxygen atoms in total. The van der Waals surface area contributed by atoms with Gasteiger partial charge in [0.25, 0.3) is 0 Å². The molecule has 5 heteroatoms. The smallest absolute Gasteiger partial charge is 0.326 e. The maximum absolute atomic E-state index is 12.2. The third-order valence-electron chi connectivity index (χ3n) is 2.74. The molecule has 0 saturated heterocycles. The van der Waals surface area contributed by atoms with E-state index in [-0.39, 0.29) is 12.4 Å². The van der Waals surface area contributed by atoms with Gasteiger partial charge in [-0.05, 0) is 26.3 Å². The zero-order valence-electron chi connectivity index (χ0n) is 10.8. The fourth-order valence-corrected chi connectivity index (χ4v) is 2.71. The largest absolute Gasteiger partial charge is 0.465 e. The standard InChI is InChI=1S/C13H18O4S/c1-4-17-12(14)13(2,3)18(15,16)10-11-8-6-5-7-9-11/h5-9H,4,10H2,1-3H3. The molecular formula is C13H18O4S. The number of esters is 1. The Morgan fingerprint density at radius 3 is 2.28 bits per heavy atom. The SMILES string of the molecule is CCOC(=O)C(C)(C)S(=O)(=O)Cc1ccccc1. The minimum Gasteiger partial charge on any atom is -0.465 e. The lowest BCUT2D eigenvalue weighted by atomic mass is 10.2. The normalized spacial score (nSPS) is 12.2. The Morgan fingerprint density at radius 2 is 1.78 bits per heavy atom. The van der Waals surface area contributed by atoms with E-state index in [0.717, 1.165) is 0 Å². The zero-order valence-corrected chi connectivity index (χ0v) is 11.7. The van der Waals surface area contributed by atoms with Crippen molar-refractivity contribution in [2.75, 3.05) is 6.61 Å². The molecule has 0 bridgehead atoms. The van der Waals surface area contributed by atoms with E-state index < -0.39 is 20.6 Å². The summed E-state index contributed by atoms with van der Waals surface area (Å²) in [7, 11) is -3.61. The third kappa shape index (κ3) is 3.10. The van der Waals surface area contributed by atoms with Gasteiger partial charge in [-0.25, -0.2) is 8.42 Å². The molecule has 1 rings (SSSR count). The van der Waals surface area contributed by atoms with Gasteiger partial charge >= 0.3 is 5.97 Å². The van der Waals surface area contributed by atoms with Gasteiger partial charge in [0, 0.05) is 0 Å². The maximum Gasteiger partial charge on any atom is 0.326 e. The number of ether oxygens (including phenoxy) is 1. The van der Waals surface area contributed by atoms with Gasteiger partial charge < -0.3 is 4.74 Å². The molecule has 1 aromatic rings. The van der Waals surface area contributed by atoms with Crippen molar-refractivity contribution in [3.63, 3.8) is 0 Å². The van der Waals surface area contributed by atoms with Crippen LogP contribution in [-0.2, 0) is 25.1 Å². The number of hydrogen-bond donors (Lipinski definition) is 0. The summed E-state index contributed by atoms with van der Waals surface area (Å²) in [5, 5.41) is 0. The number of hydrogen-bond acceptors (Lipinski definition) is 4. The Hall–Kier alpha value is -1.36. The van der Waals surface area contributed by atoms with Gasteiger partial charge in [-0.1, -0.05) is 30.3 Å². The summed E-state index contributed by atoms with van der Waals surface area (Å²) in [5.74, 6) is -0.874. The van der Waals surface area contributed by atoms with Crippen LogP contribution in [0.5, 0.6) is 0 Å². The van der Waals surface area contributed by atoms with E-state index in [0.29, 0.717) is 5.56 Å². The van der Waals surface area contributed by atoms with Gasteiger partial charge in [0.15, 0.2) is 14.6 Å². The first-order valence-corrected chi connectivity index (χ1v) is 7.40. The predicted molar refractivity (Wildman–Crippen MR) is 69.8 cm³/mol. The van der Waals surface area contributed by atoms with Crippen LogP contribution in [0.4, 0.5) is 0 Å². The molecule has 0 spiro atoms. The zero-order chi connectivity index (χ0) is 13.8. The van der Waals surface area contributed by atoms with Crippen molar-refractivity contribution in [1.29, 1.82) is 0 Å². The number of carbonyl (C=O) groups excluding carboxylic acids is 1. The average molecular weight is 270 g/mol. The second-order valence-corrected chi connectivity index (χ2v) is 7.01. The van der Waals surface area contributed by atoms with Crippen molar-refractivity contribution >= 4 is 15.8 Å². The molecule has 0 aromatic heterocycles. The van der Waals surface area contributed by atoms with Gasteiger partial charge in [-0.2, -0.15) is 0 Å². The highest BCUT2D eigenvalue weighted by molar-refractivity contribution is 7.92. The fourth-order valence-electron chi connectivity index (χ4n) is 1.41. The molecule has 0 heterocycles. The second kappa shape index (κ2) is 5.52. The molecule has 0 radical (unpaired) electrons. The Balaban J connectivity index is 2.96. The molecule has 1 aromatic carbocycles. The molecule has 100 valence electrons. The van der Waals surface area contributed by atoms with Crippen molar-refractivity contribution in [2.45, 2.75) is 31.3 Å². The number of rotatable bonds is 5. The van der Waals surface area contributed by atoms with E-state index in [2.05, 4.69) is 0 Å². The fraction of sp³-hybridized carbons (Fsp3) is 0.462. The van der Waals surface area contributed by atoms with Crippen molar-refractivity contribution in [3.05, 3.63) is 35.9 Å². The first kappa shape index (κ1) is 14.7. The van der Waals surface area contributed by atoms with Gasteiger partial charge in [0.1, 0.15) is 0 Å². The highest BCUT2D eigenvalue weighted by atomic mass is 32.2. The van der Waals surface area contributed by atoms with Crippen molar-refractivity contribution < 1.29 is 17.9 Å². The molecule has 0 fully saturated rings. The summed E-state index contributed by atoms with van der Waals surface area (Å²) < 4.78 is 27.8. The summed E-state index contributed by atoms with van der Waals surface area (Å²) in [6.45, 7) is 4.58. The van der Waals surface area contributed by atoms with Gasteiger partial charge in [-0.3, -0.25) is 4.79 Å². The Morgan fingerprint density at radius 1 is 1.22 bits per heavy atom. The van der Waals surface area contributed by atoms with Crippen LogP contribution >= 0.6 is 0 Å². The van der Waals surface area contributed by atoms with Crippen LogP contribution in [0.25, 0.3) is 0 Å². The van der Waals surface area contributed by atoms with Crippen LogP contribution in [-0.4, -0.2) is 25.7 Å². The third-order valence-corrected chi connectivity index (χ3v) is 5.18. The van der Waals surface area contributed by atoms with Crippen LogP contribution in [0.3, 0.4) is 0 Å². The van der Waals surface area contributed by atoms with Crippen LogP contribution in [0, 0.1) is 0 Å². The lowest BCUT2D eigenvalue weighted by Crippen LogP contribution is -2.42. The molecule has 0 unspecified atom stereocenters. The van der Waals surface area contributed by atoms with E-state index in [1.807, 2.05) is 6.07 Å². The van der Waals surface area contributed by atoms with Crippen LogP contribution < -0.4 is 0 Å². The first-order chi connectivity index (χ1) is 8.31. The lowest BCUT2D eigenvalue weighted by molar-refractivity contribution is -0.145. The maximum atomic E-state index is 12.2. The van der Waals surface area contributed by atoms with Crippen molar-refractivity contribution in [1.82, 2.24) is 0 Å². The van der Waals surface area contributed by atoms with E-state index in [4.69, 9.17) is 4.74 Å². The number of benzene rings is 1. The van der Waals surface area contributed by atoms with Crippen molar-refractivity contribution in [3.8, 4) is 0 Å². The van der Waals surface area contributed by atoms with E-state index in [1.165, 1.54) is 13.8 Å². The van der Waals surface area contributed by atoms with Gasteiger partial charge in [0.2, 0.25) is 0 Å². The Bertz CT molecular complexity index is 503. The molecule has 0 saturated carbocycles. The average Bonchev–Trinajstić information content (AvgIpc) is 2.29. The van der Waals surface area contributed by atoms with Crippen LogP contribution in [0.15, 0.2) is 30.3 Å². The second-order valence-electron chi connectivity index (χ2n) is 4.48. The molecule has 0 N–H and O–H groups in total. The number of sulfone groups is 1. The Labute approximate surface area is 108 Å². The number of carbonyl (C=O) groups is 1. The molecule has 0 aliphatic rings. The molecule has 0 aliphatic carbocycles. The van der Waals surface area contributed by atoms with Crippen molar-refractivity contribution in [2.24, 2.45) is 0 Å². The van der Waals surface area contributed by atoms with Gasteiger partial charge in [-0.15, -0.1) is 0 Å². The van der Waals surface area contributed by atoms with E-state index in [1.54, 1.807) is 31.2 Å². The quantitative estimate of drug-likeness (QED) is 0.767. The molecule has 0 aliphatic heterocycles. The lowest BCUT2D eigenvalue weighted by Gasteiger charge is -2.22. The van der Waals surface area contributed by atoms with Gasteiger partial charge in [0.05, 0.1) is 12.4 Å². The summed E-state index contributed by atoms with van der Waals surface area (Å²) >= 11 is 0. The van der Waals surface area contributed by atoms with E-state index in [9.17, 15) is 13.2 Å².